The molecule has 112 valence electrons. The molecule has 3 rings (SSSR count). The van der Waals surface area contributed by atoms with Gasteiger partial charge in [0, 0.05) is 18.3 Å². The molecule has 0 saturated heterocycles. The molecule has 0 radical (unpaired) electrons. The quantitative estimate of drug-likeness (QED) is 0.926. The number of hydrogen-bond donors (Lipinski definition) is 1. The van der Waals surface area contributed by atoms with E-state index in [9.17, 15) is 9.59 Å². The lowest BCUT2D eigenvalue weighted by Gasteiger charge is -2.26. The highest BCUT2D eigenvalue weighted by Gasteiger charge is 2.23. The summed E-state index contributed by atoms with van der Waals surface area (Å²) in [6.07, 6.45) is 0. The van der Waals surface area contributed by atoms with E-state index >= 15 is 0 Å². The van der Waals surface area contributed by atoms with Crippen LogP contribution in [0.2, 0.25) is 0 Å². The van der Waals surface area contributed by atoms with Crippen LogP contribution in [0.1, 0.15) is 15.9 Å². The summed E-state index contributed by atoms with van der Waals surface area (Å²) in [5.74, 6) is 0.248. The van der Waals surface area contributed by atoms with Crippen LogP contribution in [0.5, 0.6) is 5.75 Å². The normalized spacial score (nSPS) is 13.4. The maximum atomic E-state index is 12.3. The Balaban J connectivity index is 1.86. The van der Waals surface area contributed by atoms with Crippen LogP contribution < -0.4 is 15.0 Å². The topological polar surface area (TPSA) is 58.6 Å². The first-order valence-electron chi connectivity index (χ1n) is 6.96. The number of ether oxygens (including phenoxy) is 1. The average Bonchev–Trinajstić information content (AvgIpc) is 2.51. The van der Waals surface area contributed by atoms with Crippen LogP contribution >= 0.6 is 0 Å². The average molecular weight is 296 g/mol. The van der Waals surface area contributed by atoms with Crippen molar-refractivity contribution in [2.45, 2.75) is 6.92 Å². The summed E-state index contributed by atoms with van der Waals surface area (Å²) in [6, 6.07) is 12.6. The molecule has 2 aromatic carbocycles. The SMILES string of the molecule is Cc1cccc(NC(=O)c2ccc3c(c2)N(C)C(=O)CO3)c1. The molecule has 0 atom stereocenters. The van der Waals surface area contributed by atoms with Gasteiger partial charge in [-0.1, -0.05) is 12.1 Å². The summed E-state index contributed by atoms with van der Waals surface area (Å²) in [4.78, 5) is 25.5. The molecule has 1 heterocycles. The van der Waals surface area contributed by atoms with Gasteiger partial charge in [-0.25, -0.2) is 0 Å². The summed E-state index contributed by atoms with van der Waals surface area (Å²) < 4.78 is 5.35. The number of carbonyl (C=O) groups excluding carboxylic acids is 2. The van der Waals surface area contributed by atoms with Crippen molar-refractivity contribution in [3.63, 3.8) is 0 Å². The number of benzene rings is 2. The van der Waals surface area contributed by atoms with Crippen LogP contribution in [0.15, 0.2) is 42.5 Å². The standard InChI is InChI=1S/C17H16N2O3/c1-11-4-3-5-13(8-11)18-17(21)12-6-7-15-14(9-12)19(2)16(20)10-22-15/h3-9H,10H2,1-2H3,(H,18,21). The van der Waals surface area contributed by atoms with Gasteiger partial charge in [-0.2, -0.15) is 0 Å². The summed E-state index contributed by atoms with van der Waals surface area (Å²) >= 11 is 0. The molecule has 0 unspecified atom stereocenters. The van der Waals surface area contributed by atoms with Gasteiger partial charge in [0.05, 0.1) is 5.69 Å². The first-order chi connectivity index (χ1) is 10.5. The molecule has 0 spiro atoms. The molecular formula is C17H16N2O3. The fraction of sp³-hybridized carbons (Fsp3) is 0.176. The fourth-order valence-electron chi connectivity index (χ4n) is 2.34. The summed E-state index contributed by atoms with van der Waals surface area (Å²) in [5.41, 5.74) is 2.89. The van der Waals surface area contributed by atoms with E-state index in [0.29, 0.717) is 17.0 Å². The first-order valence-corrected chi connectivity index (χ1v) is 6.96. The minimum absolute atomic E-state index is 0.0261. The molecule has 2 aromatic rings. The number of amides is 2. The highest BCUT2D eigenvalue weighted by Crippen LogP contribution is 2.32. The lowest BCUT2D eigenvalue weighted by atomic mass is 10.1. The van der Waals surface area contributed by atoms with Gasteiger partial charge in [0.1, 0.15) is 5.75 Å². The van der Waals surface area contributed by atoms with E-state index in [4.69, 9.17) is 4.74 Å². The van der Waals surface area contributed by atoms with E-state index < -0.39 is 0 Å². The van der Waals surface area contributed by atoms with Gasteiger partial charge >= 0.3 is 0 Å². The van der Waals surface area contributed by atoms with Gasteiger partial charge in [0.15, 0.2) is 6.61 Å². The van der Waals surface area contributed by atoms with Crippen LogP contribution in [0.25, 0.3) is 0 Å². The van der Waals surface area contributed by atoms with Gasteiger partial charge < -0.3 is 15.0 Å². The van der Waals surface area contributed by atoms with Crippen molar-refractivity contribution in [2.24, 2.45) is 0 Å². The minimum Gasteiger partial charge on any atom is -0.482 e. The molecule has 22 heavy (non-hydrogen) atoms. The fourth-order valence-corrected chi connectivity index (χ4v) is 2.34. The number of carbonyl (C=O) groups is 2. The van der Waals surface area contributed by atoms with Gasteiger partial charge in [-0.15, -0.1) is 0 Å². The number of hydrogen-bond acceptors (Lipinski definition) is 3. The molecular weight excluding hydrogens is 280 g/mol. The Hall–Kier alpha value is -2.82. The van der Waals surface area contributed by atoms with Crippen LogP contribution in [-0.2, 0) is 4.79 Å². The Morgan fingerprint density at radius 1 is 1.23 bits per heavy atom. The van der Waals surface area contributed by atoms with Crippen LogP contribution in [0, 0.1) is 6.92 Å². The van der Waals surface area contributed by atoms with E-state index in [1.54, 1.807) is 25.2 Å². The van der Waals surface area contributed by atoms with Crippen molar-refractivity contribution in [1.82, 2.24) is 0 Å². The predicted octanol–water partition coefficient (Wildman–Crippen LogP) is 2.60. The molecule has 0 fully saturated rings. The van der Waals surface area contributed by atoms with E-state index in [1.807, 2.05) is 31.2 Å². The molecule has 0 aromatic heterocycles. The molecule has 1 aliphatic rings. The summed E-state index contributed by atoms with van der Waals surface area (Å²) in [7, 11) is 1.67. The van der Waals surface area contributed by atoms with E-state index in [1.165, 1.54) is 4.90 Å². The van der Waals surface area contributed by atoms with Crippen LogP contribution in [0.4, 0.5) is 11.4 Å². The maximum absolute atomic E-state index is 12.3. The third kappa shape index (κ3) is 2.65. The molecule has 0 aliphatic carbocycles. The van der Waals surface area contributed by atoms with Gasteiger partial charge in [0.2, 0.25) is 0 Å². The molecule has 5 heteroatoms. The van der Waals surface area contributed by atoms with Crippen molar-refractivity contribution in [2.75, 3.05) is 23.9 Å². The number of nitrogens with zero attached hydrogens (tertiary/aromatic N) is 1. The number of likely N-dealkylation sites (N-methyl/N-ethyl adjacent to an activating group) is 1. The number of aryl methyl sites for hydroxylation is 1. The van der Waals surface area contributed by atoms with Crippen molar-refractivity contribution in [3.05, 3.63) is 53.6 Å². The Bertz CT molecular complexity index is 755. The molecule has 2 amide bonds. The van der Waals surface area contributed by atoms with Crippen molar-refractivity contribution >= 4 is 23.2 Å². The minimum atomic E-state index is -0.222. The third-order valence-electron chi connectivity index (χ3n) is 3.58. The van der Waals surface area contributed by atoms with Gasteiger partial charge in [0.25, 0.3) is 11.8 Å². The van der Waals surface area contributed by atoms with Gasteiger partial charge in [-0.3, -0.25) is 9.59 Å². The van der Waals surface area contributed by atoms with E-state index in [0.717, 1.165) is 11.3 Å². The van der Waals surface area contributed by atoms with Crippen LogP contribution in [-0.4, -0.2) is 25.5 Å². The van der Waals surface area contributed by atoms with Crippen molar-refractivity contribution in [3.8, 4) is 5.75 Å². The second kappa shape index (κ2) is 5.52. The Morgan fingerprint density at radius 3 is 2.82 bits per heavy atom. The summed E-state index contributed by atoms with van der Waals surface area (Å²) in [5, 5.41) is 2.85. The number of nitrogens with one attached hydrogen (secondary N) is 1. The number of anilines is 2. The summed E-state index contributed by atoms with van der Waals surface area (Å²) in [6.45, 7) is 1.99. The zero-order chi connectivity index (χ0) is 15.7. The van der Waals surface area contributed by atoms with Crippen LogP contribution in [0.3, 0.4) is 0 Å². The number of fused-ring (bicyclic) bond motifs is 1. The monoisotopic (exact) mass is 296 g/mol. The Morgan fingerprint density at radius 2 is 2.05 bits per heavy atom. The molecule has 1 aliphatic heterocycles. The van der Waals surface area contributed by atoms with Crippen molar-refractivity contribution in [1.29, 1.82) is 0 Å². The molecule has 1 N–H and O–H groups in total. The number of rotatable bonds is 2. The van der Waals surface area contributed by atoms with E-state index in [-0.39, 0.29) is 18.4 Å². The van der Waals surface area contributed by atoms with Gasteiger partial charge in [-0.05, 0) is 42.8 Å². The lowest BCUT2D eigenvalue weighted by molar-refractivity contribution is -0.120. The Labute approximate surface area is 128 Å². The molecule has 0 saturated carbocycles. The predicted molar refractivity (Wildman–Crippen MR) is 84.5 cm³/mol. The first kappa shape index (κ1) is 14.1. The largest absolute Gasteiger partial charge is 0.482 e. The second-order valence-electron chi connectivity index (χ2n) is 5.25. The zero-order valence-corrected chi connectivity index (χ0v) is 12.4. The second-order valence-corrected chi connectivity index (χ2v) is 5.25. The highest BCUT2D eigenvalue weighted by molar-refractivity contribution is 6.06. The Kier molecular flexibility index (Phi) is 3.55. The lowest BCUT2D eigenvalue weighted by Crippen LogP contribution is -2.35. The van der Waals surface area contributed by atoms with Crippen molar-refractivity contribution < 1.29 is 14.3 Å². The smallest absolute Gasteiger partial charge is 0.264 e. The van der Waals surface area contributed by atoms with E-state index in [2.05, 4.69) is 5.32 Å². The highest BCUT2D eigenvalue weighted by atomic mass is 16.5. The maximum Gasteiger partial charge on any atom is 0.264 e. The molecule has 5 nitrogen and oxygen atoms in total. The third-order valence-corrected chi connectivity index (χ3v) is 3.58. The molecule has 0 bridgehead atoms. The zero-order valence-electron chi connectivity index (χ0n) is 12.4.